The minimum atomic E-state index is 0.297. The van der Waals surface area contributed by atoms with E-state index in [-0.39, 0.29) is 0 Å². The maximum atomic E-state index is 11.3. The predicted molar refractivity (Wildman–Crippen MR) is 91.7 cm³/mol. The molecule has 1 N–H and O–H groups in total. The third-order valence-corrected chi connectivity index (χ3v) is 5.52. The average molecular weight is 319 g/mol. The van der Waals surface area contributed by atoms with Gasteiger partial charge in [-0.1, -0.05) is 17.1 Å². The lowest BCUT2D eigenvalue weighted by molar-refractivity contribution is 0.112. The summed E-state index contributed by atoms with van der Waals surface area (Å²) in [6, 6.07) is 5.81. The van der Waals surface area contributed by atoms with Gasteiger partial charge in [-0.15, -0.1) is 0 Å². The highest BCUT2D eigenvalue weighted by atomic mass is 32.2. The van der Waals surface area contributed by atoms with Crippen LogP contribution in [0.15, 0.2) is 23.4 Å². The van der Waals surface area contributed by atoms with Gasteiger partial charge in [-0.05, 0) is 49.3 Å². The summed E-state index contributed by atoms with van der Waals surface area (Å²) in [5, 5.41) is 2.84. The van der Waals surface area contributed by atoms with Crippen molar-refractivity contribution >= 4 is 29.6 Å². The number of hydrogen-bond donors (Lipinski definition) is 1. The number of nitroso groups, excluding NO2 is 1. The molecule has 0 bridgehead atoms. The van der Waals surface area contributed by atoms with Gasteiger partial charge in [0.25, 0.3) is 0 Å². The molecular weight excluding hydrogens is 298 g/mol. The molecule has 22 heavy (non-hydrogen) atoms. The molecule has 1 aliphatic carbocycles. The number of piperidine rings is 1. The van der Waals surface area contributed by atoms with Gasteiger partial charge in [0, 0.05) is 35.8 Å². The van der Waals surface area contributed by atoms with Crippen LogP contribution in [0, 0.1) is 10.3 Å². The second kappa shape index (κ2) is 6.69. The van der Waals surface area contributed by atoms with E-state index in [0.717, 1.165) is 36.3 Å². The van der Waals surface area contributed by atoms with Crippen LogP contribution >= 0.6 is 11.9 Å². The molecular formula is C16H21N3O2S. The van der Waals surface area contributed by atoms with Crippen LogP contribution in [-0.4, -0.2) is 31.7 Å². The molecule has 5 nitrogen and oxygen atoms in total. The van der Waals surface area contributed by atoms with Gasteiger partial charge in [0.1, 0.15) is 0 Å². The monoisotopic (exact) mass is 319 g/mol. The highest BCUT2D eigenvalue weighted by molar-refractivity contribution is 8.00. The van der Waals surface area contributed by atoms with Gasteiger partial charge in [-0.2, -0.15) is 4.91 Å². The molecule has 1 heterocycles. The number of hydrogen-bond acceptors (Lipinski definition) is 6. The van der Waals surface area contributed by atoms with Crippen molar-refractivity contribution in [3.05, 3.63) is 28.7 Å². The molecule has 2 aliphatic rings. The summed E-state index contributed by atoms with van der Waals surface area (Å²) in [6.45, 7) is 2.37. The number of aldehydes is 1. The number of rotatable bonds is 7. The second-order valence-electron chi connectivity index (χ2n) is 6.18. The second-order valence-corrected chi connectivity index (χ2v) is 7.08. The first-order valence-electron chi connectivity index (χ1n) is 7.77. The molecule has 1 aromatic rings. The number of nitrogens with one attached hydrogen (secondary N) is 1. The zero-order valence-electron chi connectivity index (χ0n) is 12.6. The first-order chi connectivity index (χ1) is 10.8. The van der Waals surface area contributed by atoms with Gasteiger partial charge in [0.15, 0.2) is 6.29 Å². The van der Waals surface area contributed by atoms with E-state index in [9.17, 15) is 9.70 Å². The lowest BCUT2D eigenvalue weighted by Gasteiger charge is -2.34. The molecule has 3 rings (SSSR count). The third-order valence-electron chi connectivity index (χ3n) is 4.75. The summed E-state index contributed by atoms with van der Waals surface area (Å²) in [5.41, 5.74) is 3.36. The molecule has 1 spiro atoms. The molecule has 0 radical (unpaired) electrons. The van der Waals surface area contributed by atoms with Crippen LogP contribution < -0.4 is 9.62 Å². The molecule has 2 fully saturated rings. The molecule has 1 aliphatic heterocycles. The molecule has 0 amide bonds. The molecule has 1 saturated heterocycles. The van der Waals surface area contributed by atoms with Gasteiger partial charge in [0.05, 0.1) is 6.54 Å². The van der Waals surface area contributed by atoms with E-state index in [1.807, 2.05) is 18.2 Å². The summed E-state index contributed by atoms with van der Waals surface area (Å²) >= 11 is 1.46. The number of nitrogens with zero attached hydrogens (tertiary/aromatic N) is 2. The maximum absolute atomic E-state index is 11.3. The van der Waals surface area contributed by atoms with Crippen LogP contribution in [0.5, 0.6) is 0 Å². The zero-order valence-corrected chi connectivity index (χ0v) is 13.4. The Morgan fingerprint density at radius 2 is 2.05 bits per heavy atom. The smallest absolute Gasteiger partial charge is 0.152 e. The number of carbonyl (C=O) groups excluding carboxylic acids is 1. The van der Waals surface area contributed by atoms with E-state index < -0.39 is 0 Å². The molecule has 1 saturated carbocycles. The Kier molecular flexibility index (Phi) is 4.66. The Morgan fingerprint density at radius 3 is 2.68 bits per heavy atom. The quantitative estimate of drug-likeness (QED) is 0.359. The number of anilines is 2. The Labute approximate surface area is 134 Å². The predicted octanol–water partition coefficient (Wildman–Crippen LogP) is 3.71. The summed E-state index contributed by atoms with van der Waals surface area (Å²) in [5.74, 6) is 0.639. The fourth-order valence-electron chi connectivity index (χ4n) is 3.10. The third kappa shape index (κ3) is 3.43. The average Bonchev–Trinajstić information content (AvgIpc) is 3.31. The Hall–Kier alpha value is -1.56. The molecule has 0 aromatic heterocycles. The van der Waals surface area contributed by atoms with Gasteiger partial charge >= 0.3 is 0 Å². The Bertz CT molecular complexity index is 550. The SMILES string of the molecule is O=Cc1ccc(NSCCN=O)cc1N1CCC2(CC1)CC2. The first kappa shape index (κ1) is 15.3. The fourth-order valence-corrected chi connectivity index (χ4v) is 3.66. The lowest BCUT2D eigenvalue weighted by atomic mass is 9.93. The summed E-state index contributed by atoms with van der Waals surface area (Å²) in [7, 11) is 0. The van der Waals surface area contributed by atoms with Crippen molar-refractivity contribution in [1.82, 2.24) is 0 Å². The van der Waals surface area contributed by atoms with Crippen molar-refractivity contribution in [1.29, 1.82) is 0 Å². The van der Waals surface area contributed by atoms with Crippen LogP contribution in [0.1, 0.15) is 36.0 Å². The van der Waals surface area contributed by atoms with E-state index in [4.69, 9.17) is 0 Å². The highest BCUT2D eigenvalue weighted by Gasteiger charge is 2.44. The molecule has 0 atom stereocenters. The van der Waals surface area contributed by atoms with E-state index in [2.05, 4.69) is 14.8 Å². The van der Waals surface area contributed by atoms with Crippen molar-refractivity contribution in [2.75, 3.05) is 35.0 Å². The Balaban J connectivity index is 1.67. The normalized spacial score (nSPS) is 19.0. The van der Waals surface area contributed by atoms with Crippen molar-refractivity contribution in [3.8, 4) is 0 Å². The molecule has 118 valence electrons. The van der Waals surface area contributed by atoms with Crippen molar-refractivity contribution in [3.63, 3.8) is 0 Å². The minimum Gasteiger partial charge on any atom is -0.371 e. The number of benzene rings is 1. The van der Waals surface area contributed by atoms with Crippen LogP contribution in [0.2, 0.25) is 0 Å². The first-order valence-corrected chi connectivity index (χ1v) is 8.76. The number of carbonyl (C=O) groups is 1. The maximum Gasteiger partial charge on any atom is 0.152 e. The minimum absolute atomic E-state index is 0.297. The van der Waals surface area contributed by atoms with E-state index in [0.29, 0.717) is 17.7 Å². The lowest BCUT2D eigenvalue weighted by Crippen LogP contribution is -2.35. The van der Waals surface area contributed by atoms with Crippen LogP contribution in [0.25, 0.3) is 0 Å². The van der Waals surface area contributed by atoms with E-state index in [1.54, 1.807) is 0 Å². The van der Waals surface area contributed by atoms with E-state index >= 15 is 0 Å². The van der Waals surface area contributed by atoms with Crippen LogP contribution in [0.3, 0.4) is 0 Å². The van der Waals surface area contributed by atoms with Crippen LogP contribution in [-0.2, 0) is 0 Å². The fraction of sp³-hybridized carbons (Fsp3) is 0.562. The van der Waals surface area contributed by atoms with Gasteiger partial charge in [-0.25, -0.2) is 0 Å². The molecule has 6 heteroatoms. The highest BCUT2D eigenvalue weighted by Crippen LogP contribution is 2.54. The van der Waals surface area contributed by atoms with Gasteiger partial charge < -0.3 is 9.62 Å². The summed E-state index contributed by atoms with van der Waals surface area (Å²) in [6.07, 6.45) is 6.17. The van der Waals surface area contributed by atoms with Gasteiger partial charge in [-0.3, -0.25) is 4.79 Å². The Morgan fingerprint density at radius 1 is 1.27 bits per heavy atom. The zero-order chi connectivity index (χ0) is 15.4. The molecule has 0 unspecified atom stereocenters. The van der Waals surface area contributed by atoms with Gasteiger partial charge in [0.2, 0.25) is 0 Å². The summed E-state index contributed by atoms with van der Waals surface area (Å²) in [4.78, 5) is 23.7. The van der Waals surface area contributed by atoms with E-state index in [1.165, 1.54) is 37.6 Å². The van der Waals surface area contributed by atoms with Crippen molar-refractivity contribution in [2.45, 2.75) is 25.7 Å². The standard InChI is InChI=1S/C16H21N3O2S/c20-12-13-1-2-14(18-22-10-7-17-21)11-15(13)19-8-5-16(3-4-16)6-9-19/h1-2,11-12,18H,3-10H2. The van der Waals surface area contributed by atoms with Crippen molar-refractivity contribution in [2.24, 2.45) is 10.6 Å². The summed E-state index contributed by atoms with van der Waals surface area (Å²) < 4.78 is 3.21. The molecule has 1 aromatic carbocycles. The van der Waals surface area contributed by atoms with Crippen LogP contribution in [0.4, 0.5) is 11.4 Å². The largest absolute Gasteiger partial charge is 0.371 e. The van der Waals surface area contributed by atoms with Crippen molar-refractivity contribution < 1.29 is 4.79 Å². The topological polar surface area (TPSA) is 61.8 Å².